The molecule has 2 rings (SSSR count). The molecule has 19 heavy (non-hydrogen) atoms. The van der Waals surface area contributed by atoms with Gasteiger partial charge in [0.2, 0.25) is 0 Å². The second-order valence-corrected chi connectivity index (χ2v) is 5.94. The molecule has 1 aromatic rings. The Bertz CT molecular complexity index is 393. The maximum absolute atomic E-state index is 5.61. The van der Waals surface area contributed by atoms with Crippen LogP contribution < -0.4 is 5.32 Å². The van der Waals surface area contributed by atoms with Crippen molar-refractivity contribution in [2.45, 2.75) is 59.0 Å². The summed E-state index contributed by atoms with van der Waals surface area (Å²) in [5.41, 5.74) is 1.29. The van der Waals surface area contributed by atoms with E-state index < -0.39 is 0 Å². The van der Waals surface area contributed by atoms with Gasteiger partial charge >= 0.3 is 0 Å². The largest absolute Gasteiger partial charge is 0.466 e. The second kappa shape index (κ2) is 6.58. The minimum absolute atomic E-state index is 0.365. The number of hydrogen-bond acceptors (Lipinski definition) is 3. The van der Waals surface area contributed by atoms with Gasteiger partial charge in [0.1, 0.15) is 11.5 Å². The first-order valence-corrected chi connectivity index (χ1v) is 7.62. The minimum atomic E-state index is 0.365. The molecule has 1 aliphatic rings. The van der Waals surface area contributed by atoms with E-state index >= 15 is 0 Å². The van der Waals surface area contributed by atoms with Crippen LogP contribution in [0.25, 0.3) is 0 Å². The van der Waals surface area contributed by atoms with Gasteiger partial charge in [-0.15, -0.1) is 0 Å². The van der Waals surface area contributed by atoms with E-state index in [4.69, 9.17) is 4.42 Å². The van der Waals surface area contributed by atoms with E-state index in [1.165, 1.54) is 37.9 Å². The summed E-state index contributed by atoms with van der Waals surface area (Å²) >= 11 is 0. The van der Waals surface area contributed by atoms with Crippen LogP contribution in [0.15, 0.2) is 10.5 Å². The number of furan rings is 1. The first-order valence-electron chi connectivity index (χ1n) is 7.62. The van der Waals surface area contributed by atoms with Gasteiger partial charge in [0.25, 0.3) is 0 Å². The summed E-state index contributed by atoms with van der Waals surface area (Å²) in [7, 11) is 0. The van der Waals surface area contributed by atoms with E-state index in [1.807, 2.05) is 6.92 Å². The monoisotopic (exact) mass is 264 g/mol. The lowest BCUT2D eigenvalue weighted by molar-refractivity contribution is 0.168. The zero-order valence-corrected chi connectivity index (χ0v) is 12.8. The van der Waals surface area contributed by atoms with Gasteiger partial charge in [-0.25, -0.2) is 0 Å². The van der Waals surface area contributed by atoms with Gasteiger partial charge in [0, 0.05) is 24.2 Å². The lowest BCUT2D eigenvalue weighted by Gasteiger charge is -2.33. The van der Waals surface area contributed by atoms with Crippen LogP contribution in [-0.2, 0) is 0 Å². The highest BCUT2D eigenvalue weighted by Crippen LogP contribution is 2.21. The van der Waals surface area contributed by atoms with Crippen molar-refractivity contribution in [2.75, 3.05) is 19.6 Å². The lowest BCUT2D eigenvalue weighted by Crippen LogP contribution is -2.43. The van der Waals surface area contributed by atoms with Crippen molar-refractivity contribution in [3.63, 3.8) is 0 Å². The highest BCUT2D eigenvalue weighted by atomic mass is 16.3. The van der Waals surface area contributed by atoms with Crippen molar-refractivity contribution < 1.29 is 4.42 Å². The first-order chi connectivity index (χ1) is 9.08. The standard InChI is InChI=1S/C16H28N2O/c1-12(18-8-6-5-7-9-18)11-17-14(3)16-10-13(2)19-15(16)4/h10,12,14,17H,5-9,11H2,1-4H3. The molecule has 0 spiro atoms. The molecule has 0 amide bonds. The van der Waals surface area contributed by atoms with E-state index in [0.717, 1.165) is 18.1 Å². The maximum atomic E-state index is 5.61. The zero-order valence-electron chi connectivity index (χ0n) is 12.8. The zero-order chi connectivity index (χ0) is 13.8. The summed E-state index contributed by atoms with van der Waals surface area (Å²) in [6.45, 7) is 12.2. The molecule has 1 N–H and O–H groups in total. The molecular formula is C16H28N2O. The van der Waals surface area contributed by atoms with Crippen LogP contribution in [0.1, 0.15) is 56.2 Å². The van der Waals surface area contributed by atoms with Crippen molar-refractivity contribution in [3.05, 3.63) is 23.2 Å². The molecule has 3 heteroatoms. The second-order valence-electron chi connectivity index (χ2n) is 5.94. The predicted octanol–water partition coefficient (Wildman–Crippen LogP) is 3.42. The SMILES string of the molecule is Cc1cc(C(C)NCC(C)N2CCCCC2)c(C)o1. The fraction of sp³-hybridized carbons (Fsp3) is 0.750. The van der Waals surface area contributed by atoms with Crippen molar-refractivity contribution in [1.82, 2.24) is 10.2 Å². The quantitative estimate of drug-likeness (QED) is 0.883. The maximum Gasteiger partial charge on any atom is 0.105 e. The first kappa shape index (κ1) is 14.6. The van der Waals surface area contributed by atoms with Gasteiger partial charge < -0.3 is 9.73 Å². The summed E-state index contributed by atoms with van der Waals surface area (Å²) in [5, 5.41) is 3.65. The molecule has 2 atom stereocenters. The Balaban J connectivity index is 1.82. The normalized spacial score (nSPS) is 20.4. The molecule has 0 radical (unpaired) electrons. The third-order valence-electron chi connectivity index (χ3n) is 4.28. The summed E-state index contributed by atoms with van der Waals surface area (Å²) in [6.07, 6.45) is 4.13. The van der Waals surface area contributed by atoms with Crippen LogP contribution in [0, 0.1) is 13.8 Å². The molecule has 0 aliphatic carbocycles. The van der Waals surface area contributed by atoms with Crippen LogP contribution in [0.3, 0.4) is 0 Å². The molecule has 0 saturated carbocycles. The molecule has 1 aromatic heterocycles. The molecule has 1 aliphatic heterocycles. The molecule has 2 heterocycles. The highest BCUT2D eigenvalue weighted by Gasteiger charge is 2.18. The summed E-state index contributed by atoms with van der Waals surface area (Å²) in [5.74, 6) is 2.05. The van der Waals surface area contributed by atoms with Crippen LogP contribution in [-0.4, -0.2) is 30.6 Å². The Morgan fingerprint density at radius 2 is 1.89 bits per heavy atom. The number of likely N-dealkylation sites (tertiary alicyclic amines) is 1. The Morgan fingerprint density at radius 3 is 2.47 bits per heavy atom. The van der Waals surface area contributed by atoms with Gasteiger partial charge in [-0.05, 0) is 59.7 Å². The number of nitrogens with one attached hydrogen (secondary N) is 1. The number of piperidine rings is 1. The fourth-order valence-corrected chi connectivity index (χ4v) is 3.03. The Hall–Kier alpha value is -0.800. The van der Waals surface area contributed by atoms with Crippen molar-refractivity contribution in [1.29, 1.82) is 0 Å². The third kappa shape index (κ3) is 3.83. The van der Waals surface area contributed by atoms with Crippen LogP contribution >= 0.6 is 0 Å². The Morgan fingerprint density at radius 1 is 1.21 bits per heavy atom. The van der Waals surface area contributed by atoms with E-state index in [1.54, 1.807) is 0 Å². The van der Waals surface area contributed by atoms with Gasteiger partial charge in [-0.3, -0.25) is 4.90 Å². The van der Waals surface area contributed by atoms with Gasteiger partial charge in [0.15, 0.2) is 0 Å². The van der Waals surface area contributed by atoms with Gasteiger partial charge in [-0.2, -0.15) is 0 Å². The topological polar surface area (TPSA) is 28.4 Å². The van der Waals surface area contributed by atoms with Crippen LogP contribution in [0.2, 0.25) is 0 Å². The number of nitrogens with zero attached hydrogens (tertiary/aromatic N) is 1. The average molecular weight is 264 g/mol. The summed E-state index contributed by atoms with van der Waals surface area (Å²) in [4.78, 5) is 2.61. The highest BCUT2D eigenvalue weighted by molar-refractivity contribution is 5.23. The lowest BCUT2D eigenvalue weighted by atomic mass is 10.1. The number of hydrogen-bond donors (Lipinski definition) is 1. The molecule has 3 nitrogen and oxygen atoms in total. The molecule has 0 aromatic carbocycles. The number of rotatable bonds is 5. The fourth-order valence-electron chi connectivity index (χ4n) is 3.03. The van der Waals surface area contributed by atoms with E-state index in [2.05, 4.69) is 37.1 Å². The van der Waals surface area contributed by atoms with Gasteiger partial charge in [-0.1, -0.05) is 6.42 Å². The molecule has 2 unspecified atom stereocenters. The van der Waals surface area contributed by atoms with Crippen LogP contribution in [0.5, 0.6) is 0 Å². The number of aryl methyl sites for hydroxylation is 2. The molecular weight excluding hydrogens is 236 g/mol. The van der Waals surface area contributed by atoms with Crippen LogP contribution in [0.4, 0.5) is 0 Å². The summed E-state index contributed by atoms with van der Waals surface area (Å²) in [6, 6.07) is 3.14. The molecule has 1 saturated heterocycles. The molecule has 0 bridgehead atoms. The van der Waals surface area contributed by atoms with E-state index in [9.17, 15) is 0 Å². The molecule has 1 fully saturated rings. The van der Waals surface area contributed by atoms with Gasteiger partial charge in [0.05, 0.1) is 0 Å². The Kier molecular flexibility index (Phi) is 5.06. The van der Waals surface area contributed by atoms with E-state index in [0.29, 0.717) is 12.1 Å². The smallest absolute Gasteiger partial charge is 0.105 e. The summed E-state index contributed by atoms with van der Waals surface area (Å²) < 4.78 is 5.61. The van der Waals surface area contributed by atoms with Crippen molar-refractivity contribution >= 4 is 0 Å². The Labute approximate surface area is 117 Å². The predicted molar refractivity (Wildman–Crippen MR) is 79.5 cm³/mol. The molecule has 108 valence electrons. The van der Waals surface area contributed by atoms with Crippen molar-refractivity contribution in [2.24, 2.45) is 0 Å². The minimum Gasteiger partial charge on any atom is -0.466 e. The van der Waals surface area contributed by atoms with Crippen molar-refractivity contribution in [3.8, 4) is 0 Å². The average Bonchev–Trinajstić information content (AvgIpc) is 2.75. The third-order valence-corrected chi connectivity index (χ3v) is 4.28. The van der Waals surface area contributed by atoms with E-state index in [-0.39, 0.29) is 0 Å².